The van der Waals surface area contributed by atoms with Crippen molar-refractivity contribution in [3.8, 4) is 28.3 Å². The molecule has 3 N–H and O–H groups in total. The fraction of sp³-hybridized carbons (Fsp3) is 0.222. The van der Waals surface area contributed by atoms with Crippen LogP contribution in [0.1, 0.15) is 117 Å². The molecule has 0 bridgehead atoms. The molecule has 0 atom stereocenters. The van der Waals surface area contributed by atoms with E-state index in [9.17, 15) is 24.0 Å². The average molecular weight is 1380 g/mol. The van der Waals surface area contributed by atoms with Crippen LogP contribution < -0.4 is 25.7 Å². The van der Waals surface area contributed by atoms with E-state index in [-0.39, 0.29) is 42.3 Å². The van der Waals surface area contributed by atoms with Gasteiger partial charge in [-0.1, -0.05) is 199 Å². The molecule has 11 aromatic carbocycles. The lowest BCUT2D eigenvalue weighted by atomic mass is 9.75. The third-order valence-electron chi connectivity index (χ3n) is 19.2. The first kappa shape index (κ1) is 71.9. The van der Waals surface area contributed by atoms with Gasteiger partial charge in [-0.3, -0.25) is 28.5 Å². The number of ether oxygens (including phenoxy) is 2. The summed E-state index contributed by atoms with van der Waals surface area (Å²) in [6.07, 6.45) is 7.65. The Bertz CT molecular complexity index is 5140. The molecule has 1 aliphatic rings. The summed E-state index contributed by atoms with van der Waals surface area (Å²) in [6.45, 7) is 12.1. The number of fused-ring (bicyclic) bond motifs is 3. The number of aromatic nitrogens is 5. The summed E-state index contributed by atoms with van der Waals surface area (Å²) >= 11 is 0. The summed E-state index contributed by atoms with van der Waals surface area (Å²) in [5.74, 6) is 4.16. The van der Waals surface area contributed by atoms with Gasteiger partial charge in [-0.15, -0.1) is 10.2 Å². The summed E-state index contributed by atoms with van der Waals surface area (Å²) in [6, 6.07) is 80.0. The van der Waals surface area contributed by atoms with Crippen LogP contribution in [0.5, 0.6) is 11.5 Å². The van der Waals surface area contributed by atoms with E-state index in [1.165, 1.54) is 49.7 Å². The van der Waals surface area contributed by atoms with Gasteiger partial charge < -0.3 is 25.1 Å². The number of Topliss-reactive ketones (excluding diaryl/α,β-unsaturated/α-hetero) is 2. The number of hydrogen-bond donors (Lipinski definition) is 3. The maximum absolute atomic E-state index is 13.0. The number of hydrogen-bond acceptors (Lipinski definition) is 10. The topological polar surface area (TPSA) is 187 Å². The van der Waals surface area contributed by atoms with Gasteiger partial charge in [0.1, 0.15) is 34.8 Å². The molecule has 0 saturated heterocycles. The van der Waals surface area contributed by atoms with Crippen LogP contribution in [0, 0.1) is 47.5 Å². The molecule has 1 fully saturated rings. The first-order valence-corrected chi connectivity index (χ1v) is 35.8. The highest BCUT2D eigenvalue weighted by Gasteiger charge is 2.28. The number of para-hydroxylation sites is 2. The lowest BCUT2D eigenvalue weighted by molar-refractivity contribution is -0.124. The average Bonchev–Trinajstić information content (AvgIpc) is 1.000. The monoisotopic (exact) mass is 1380 g/mol. The first-order valence-electron chi connectivity index (χ1n) is 35.8. The van der Waals surface area contributed by atoms with Crippen molar-refractivity contribution in [1.82, 2.24) is 24.7 Å². The summed E-state index contributed by atoms with van der Waals surface area (Å²) in [4.78, 5) is 70.8. The largest absolute Gasteiger partial charge is 0.484 e. The van der Waals surface area contributed by atoms with Crippen LogP contribution in [-0.2, 0) is 40.1 Å². The minimum absolute atomic E-state index is 0.0881. The van der Waals surface area contributed by atoms with Crippen LogP contribution >= 0.6 is 0 Å². The number of aromatic amines is 1. The zero-order valence-corrected chi connectivity index (χ0v) is 59.9. The lowest BCUT2D eigenvalue weighted by Gasteiger charge is -2.29. The Morgan fingerprint density at radius 1 is 0.471 bits per heavy atom. The number of H-pyrrole nitrogens is 1. The molecule has 0 unspecified atom stereocenters. The van der Waals surface area contributed by atoms with Crippen LogP contribution in [0.25, 0.3) is 49.3 Å². The highest BCUT2D eigenvalue weighted by Crippen LogP contribution is 2.42. The SMILES string of the molecule is Cc1ccc(-c2ccc(C3CCC(C(=O)CCc4cc(C)cc(C)c4)CC3)c3ccccc23)cc1.Cc1cccc(OCC(=O)Nc2cccc3c(NC(=O)COc4cccc(C)c4)cccc23)c1.Cc1ccccc1C(=O)CCc1nnc(CCc2nc3ccccc3c(=O)[nH]2)n1-c1ccccc1. The fourth-order valence-corrected chi connectivity index (χ4v) is 14.0. The second-order valence-corrected chi connectivity index (χ2v) is 27.1. The summed E-state index contributed by atoms with van der Waals surface area (Å²) < 4.78 is 13.2. The van der Waals surface area contributed by atoms with Crippen LogP contribution in [0.15, 0.2) is 247 Å². The Balaban J connectivity index is 0.000000147. The van der Waals surface area contributed by atoms with Gasteiger partial charge in [0.2, 0.25) is 0 Å². The molecule has 2 heterocycles. The van der Waals surface area contributed by atoms with Crippen molar-refractivity contribution < 1.29 is 28.7 Å². The molecule has 0 radical (unpaired) electrons. The molecule has 2 amide bonds. The molecule has 14 nitrogen and oxygen atoms in total. The van der Waals surface area contributed by atoms with Crippen LogP contribution in [0.4, 0.5) is 11.4 Å². The summed E-state index contributed by atoms with van der Waals surface area (Å²) in [5, 5.41) is 19.6. The normalized spacial score (nSPS) is 13.2. The van der Waals surface area contributed by atoms with Crippen molar-refractivity contribution in [3.05, 3.63) is 321 Å². The number of nitrogens with zero attached hydrogens (tertiary/aromatic N) is 4. The first-order chi connectivity index (χ1) is 50.5. The van der Waals surface area contributed by atoms with Crippen LogP contribution in [0.2, 0.25) is 0 Å². The van der Waals surface area contributed by atoms with Crippen molar-refractivity contribution >= 4 is 67.2 Å². The van der Waals surface area contributed by atoms with Crippen LogP contribution in [0.3, 0.4) is 0 Å². The van der Waals surface area contributed by atoms with Crippen LogP contribution in [-0.4, -0.2) is 61.3 Å². The second kappa shape index (κ2) is 34.2. The van der Waals surface area contributed by atoms with Gasteiger partial charge in [0.25, 0.3) is 17.4 Å². The van der Waals surface area contributed by atoms with Crippen molar-refractivity contribution in [1.29, 1.82) is 0 Å². The molecule has 104 heavy (non-hydrogen) atoms. The van der Waals surface area contributed by atoms with E-state index in [2.05, 4.69) is 130 Å². The summed E-state index contributed by atoms with van der Waals surface area (Å²) in [7, 11) is 0. The zero-order valence-electron chi connectivity index (χ0n) is 59.9. The lowest BCUT2D eigenvalue weighted by Crippen LogP contribution is -2.21. The highest BCUT2D eigenvalue weighted by atomic mass is 16.5. The number of rotatable bonds is 22. The molecular formula is C90H87N7O7. The molecule has 0 aliphatic heterocycles. The van der Waals surface area contributed by atoms with E-state index in [0.29, 0.717) is 83.4 Å². The molecule has 524 valence electrons. The smallest absolute Gasteiger partial charge is 0.262 e. The van der Waals surface area contributed by atoms with Gasteiger partial charge in [0.15, 0.2) is 19.0 Å². The second-order valence-electron chi connectivity index (χ2n) is 27.1. The molecule has 14 heteroatoms. The van der Waals surface area contributed by atoms with Crippen molar-refractivity contribution in [2.75, 3.05) is 23.8 Å². The number of carbonyl (C=O) groups excluding carboxylic acids is 4. The predicted octanol–water partition coefficient (Wildman–Crippen LogP) is 18.8. The Hall–Kier alpha value is -11.9. The minimum atomic E-state index is -0.269. The molecule has 14 rings (SSSR count). The van der Waals surface area contributed by atoms with Crippen molar-refractivity contribution in [2.45, 2.75) is 112 Å². The molecular weight excluding hydrogens is 1290 g/mol. The maximum atomic E-state index is 13.0. The zero-order chi connectivity index (χ0) is 72.5. The number of nitrogens with one attached hydrogen (secondary N) is 3. The van der Waals surface area contributed by atoms with Gasteiger partial charge in [0.05, 0.1) is 10.9 Å². The van der Waals surface area contributed by atoms with Crippen molar-refractivity contribution in [2.24, 2.45) is 5.92 Å². The van der Waals surface area contributed by atoms with Gasteiger partial charge in [0, 0.05) is 71.4 Å². The fourth-order valence-electron chi connectivity index (χ4n) is 14.0. The summed E-state index contributed by atoms with van der Waals surface area (Å²) in [5.41, 5.74) is 15.8. The number of carbonyl (C=O) groups is 4. The Kier molecular flexibility index (Phi) is 23.6. The Labute approximate surface area is 607 Å². The number of ketones is 2. The van der Waals surface area contributed by atoms with E-state index in [0.717, 1.165) is 82.5 Å². The standard InChI is InChI=1S/C34H36O.C28H25N5O2.C28H26N2O4/c1-23-8-11-27(12-9-23)30-17-18-31(33-7-5-4-6-32(30)33)28-13-15-29(16-14-28)34(35)19-10-26-21-24(2)20-25(3)22-26;1-19-9-5-6-12-21(19)24(34)15-17-26-31-32-27(33(26)20-10-3-2-4-11-20)18-16-25-29-23-14-8-7-13-22(23)28(35)30-25;1-19-7-3-9-21(15-19)33-17-27(31)29-25-13-5-12-24-23(25)11-6-14-26(24)30-28(32)18-34-22-10-4-8-20(2)16-22/h4-9,11-12,17-18,20-22,28-29H,10,13-16,19H2,1-3H3;2-14H,15-18H2,1H3,(H,29,30,35);3-16H,17-18H2,1-2H3,(H,29,31)(H,30,32). The van der Waals surface area contributed by atoms with Crippen molar-refractivity contribution in [3.63, 3.8) is 0 Å². The predicted molar refractivity (Wildman–Crippen MR) is 418 cm³/mol. The molecule has 1 aliphatic carbocycles. The quantitative estimate of drug-likeness (QED) is 0.0551. The minimum Gasteiger partial charge on any atom is -0.484 e. The van der Waals surface area contributed by atoms with E-state index in [4.69, 9.17) is 9.47 Å². The number of anilines is 2. The van der Waals surface area contributed by atoms with E-state index in [1.54, 1.807) is 6.07 Å². The molecule has 0 spiro atoms. The van der Waals surface area contributed by atoms with Gasteiger partial charge in [-0.25, -0.2) is 4.98 Å². The molecule has 2 aromatic heterocycles. The number of benzene rings is 11. The highest BCUT2D eigenvalue weighted by molar-refractivity contribution is 6.09. The third kappa shape index (κ3) is 18.6. The van der Waals surface area contributed by atoms with E-state index >= 15 is 0 Å². The van der Waals surface area contributed by atoms with E-state index in [1.807, 2.05) is 183 Å². The Morgan fingerprint density at radius 2 is 1.03 bits per heavy atom. The molecule has 1 saturated carbocycles. The maximum Gasteiger partial charge on any atom is 0.262 e. The number of amides is 2. The molecule has 13 aromatic rings. The third-order valence-corrected chi connectivity index (χ3v) is 19.2. The van der Waals surface area contributed by atoms with Gasteiger partial charge in [-0.05, 0) is 190 Å². The van der Waals surface area contributed by atoms with Gasteiger partial charge in [-0.2, -0.15) is 0 Å². The van der Waals surface area contributed by atoms with Gasteiger partial charge >= 0.3 is 0 Å². The van der Waals surface area contributed by atoms with E-state index < -0.39 is 0 Å². The Morgan fingerprint density at radius 3 is 1.65 bits per heavy atom. The number of aryl methyl sites for hydroxylation is 10.